The number of hydrogen-bond donors (Lipinski definition) is 1. The quantitative estimate of drug-likeness (QED) is 0.801. The molecule has 1 aromatic heterocycles. The van der Waals surface area contributed by atoms with Crippen molar-refractivity contribution in [1.29, 1.82) is 0 Å². The Balaban J connectivity index is 1.59. The summed E-state index contributed by atoms with van der Waals surface area (Å²) in [6.45, 7) is 7.13. The zero-order valence-electron chi connectivity index (χ0n) is 19.2. The van der Waals surface area contributed by atoms with Crippen molar-refractivity contribution >= 4 is 23.0 Å². The molecule has 1 N–H and O–H groups in total. The number of ether oxygens (including phenoxy) is 1. The summed E-state index contributed by atoms with van der Waals surface area (Å²) >= 11 is 0. The first-order valence-corrected chi connectivity index (χ1v) is 11.3. The minimum Gasteiger partial charge on any atom is -0.449 e. The summed E-state index contributed by atoms with van der Waals surface area (Å²) < 4.78 is 5.23. The number of piperidine rings is 1. The minimum absolute atomic E-state index is 0.00537. The van der Waals surface area contributed by atoms with Crippen LogP contribution in [0.2, 0.25) is 0 Å². The van der Waals surface area contributed by atoms with E-state index in [1.54, 1.807) is 18.9 Å². The molecule has 168 valence electrons. The molecule has 1 aromatic carbocycles. The van der Waals surface area contributed by atoms with Crippen LogP contribution < -0.4 is 0 Å². The van der Waals surface area contributed by atoms with Gasteiger partial charge < -0.3 is 19.5 Å². The third-order valence-electron chi connectivity index (χ3n) is 7.05. The number of urea groups is 1. The van der Waals surface area contributed by atoms with Crippen molar-refractivity contribution in [2.45, 2.75) is 51.6 Å². The number of carbonyl (C=O) groups is 2. The highest BCUT2D eigenvalue weighted by Crippen LogP contribution is 2.44. The fourth-order valence-electron chi connectivity index (χ4n) is 5.29. The van der Waals surface area contributed by atoms with Gasteiger partial charge in [-0.25, -0.2) is 14.5 Å². The van der Waals surface area contributed by atoms with Gasteiger partial charge in [0.1, 0.15) is 0 Å². The van der Waals surface area contributed by atoms with Crippen LogP contribution in [0.5, 0.6) is 0 Å². The summed E-state index contributed by atoms with van der Waals surface area (Å²) in [5.74, 6) is 0.577. The molecule has 3 atom stereocenters. The number of hydrogen-bond acceptors (Lipinski definition) is 4. The first-order chi connectivity index (χ1) is 14.8. The monoisotopic (exact) mass is 426 g/mol. The van der Waals surface area contributed by atoms with Gasteiger partial charge in [0.05, 0.1) is 6.61 Å². The van der Waals surface area contributed by atoms with Crippen LogP contribution in [0, 0.1) is 5.92 Å². The number of benzene rings is 1. The largest absolute Gasteiger partial charge is 0.449 e. The number of carbonyl (C=O) groups excluding carboxylic acids is 2. The van der Waals surface area contributed by atoms with E-state index < -0.39 is 6.09 Å². The zero-order valence-corrected chi connectivity index (χ0v) is 19.2. The van der Waals surface area contributed by atoms with Gasteiger partial charge in [0, 0.05) is 55.2 Å². The lowest BCUT2D eigenvalue weighted by Crippen LogP contribution is -2.53. The molecule has 0 spiro atoms. The van der Waals surface area contributed by atoms with Crippen molar-refractivity contribution in [2.24, 2.45) is 5.92 Å². The lowest BCUT2D eigenvalue weighted by Gasteiger charge is -2.46. The topological polar surface area (TPSA) is 68.9 Å². The second-order valence-electron chi connectivity index (χ2n) is 9.30. The number of rotatable bonds is 4. The summed E-state index contributed by atoms with van der Waals surface area (Å²) in [4.78, 5) is 34.4. The Labute approximate surface area is 184 Å². The van der Waals surface area contributed by atoms with E-state index in [0.29, 0.717) is 18.5 Å². The Hall–Kier alpha value is -2.54. The summed E-state index contributed by atoms with van der Waals surface area (Å²) in [5.41, 5.74) is 3.96. The molecule has 1 aliphatic heterocycles. The van der Waals surface area contributed by atoms with Crippen molar-refractivity contribution in [3.8, 4) is 0 Å². The van der Waals surface area contributed by atoms with E-state index in [1.807, 2.05) is 13.8 Å². The third-order valence-corrected chi connectivity index (χ3v) is 7.05. The number of likely N-dealkylation sites (tertiary alicyclic amines) is 1. The normalized spacial score (nSPS) is 23.0. The predicted molar refractivity (Wildman–Crippen MR) is 121 cm³/mol. The molecule has 4 rings (SSSR count). The van der Waals surface area contributed by atoms with Gasteiger partial charge >= 0.3 is 12.1 Å². The molecule has 31 heavy (non-hydrogen) atoms. The molecule has 7 heteroatoms. The highest BCUT2D eigenvalue weighted by molar-refractivity contribution is 5.91. The van der Waals surface area contributed by atoms with E-state index >= 15 is 0 Å². The van der Waals surface area contributed by atoms with Crippen LogP contribution in [0.4, 0.5) is 9.59 Å². The Morgan fingerprint density at radius 3 is 2.81 bits per heavy atom. The number of aromatic amines is 1. The number of H-pyrrole nitrogens is 1. The summed E-state index contributed by atoms with van der Waals surface area (Å²) in [6.07, 6.45) is 3.57. The number of fused-ring (bicyclic) bond motifs is 2. The summed E-state index contributed by atoms with van der Waals surface area (Å²) in [7, 11) is 3.90. The van der Waals surface area contributed by atoms with Crippen molar-refractivity contribution in [3.63, 3.8) is 0 Å². The van der Waals surface area contributed by atoms with E-state index in [2.05, 4.69) is 41.3 Å². The SMILES string of the molecule is CCOC(=O)N(C[C@@H]1CC2c3cccc4[nH]cc(c34)C[C@H]2N(C)C1)C(=O)N(C)C(C)C. The molecule has 0 bridgehead atoms. The smallest absolute Gasteiger partial charge is 0.417 e. The standard InChI is InChI=1S/C24H34N4O3/c1-6-31-24(30)28(23(29)27(5)15(2)3)14-16-10-19-18-8-7-9-20-22(18)17(12-25-20)11-21(19)26(4)13-16/h7-9,12,15-16,19,21,25H,6,10-11,13-14H2,1-5H3/t16-,19?,21-/m1/s1. The van der Waals surface area contributed by atoms with Gasteiger partial charge in [0.25, 0.3) is 0 Å². The Morgan fingerprint density at radius 1 is 1.32 bits per heavy atom. The van der Waals surface area contributed by atoms with Crippen molar-refractivity contribution in [3.05, 3.63) is 35.5 Å². The Kier molecular flexibility index (Phi) is 5.97. The molecule has 0 radical (unpaired) electrons. The molecule has 2 heterocycles. The maximum absolute atomic E-state index is 13.1. The van der Waals surface area contributed by atoms with E-state index in [0.717, 1.165) is 19.4 Å². The molecule has 1 saturated heterocycles. The van der Waals surface area contributed by atoms with E-state index in [9.17, 15) is 9.59 Å². The second-order valence-corrected chi connectivity index (χ2v) is 9.30. The third kappa shape index (κ3) is 3.91. The maximum Gasteiger partial charge on any atom is 0.417 e. The molecule has 2 aromatic rings. The van der Waals surface area contributed by atoms with Crippen LogP contribution in [0.3, 0.4) is 0 Å². The molecule has 2 aliphatic rings. The van der Waals surface area contributed by atoms with Gasteiger partial charge in [-0.05, 0) is 63.8 Å². The summed E-state index contributed by atoms with van der Waals surface area (Å²) in [5, 5.41) is 1.36. The lowest BCUT2D eigenvalue weighted by molar-refractivity contribution is 0.0706. The molecular formula is C24H34N4O3. The van der Waals surface area contributed by atoms with Crippen LogP contribution in [0.25, 0.3) is 10.9 Å². The Bertz CT molecular complexity index is 969. The maximum atomic E-state index is 13.1. The van der Waals surface area contributed by atoms with Gasteiger partial charge in [-0.2, -0.15) is 0 Å². The van der Waals surface area contributed by atoms with Gasteiger partial charge in [-0.3, -0.25) is 0 Å². The fraction of sp³-hybridized carbons (Fsp3) is 0.583. The first kappa shape index (κ1) is 21.7. The zero-order chi connectivity index (χ0) is 22.3. The van der Waals surface area contributed by atoms with Crippen LogP contribution in [-0.4, -0.2) is 77.7 Å². The first-order valence-electron chi connectivity index (χ1n) is 11.3. The van der Waals surface area contributed by atoms with E-state index in [1.165, 1.54) is 26.9 Å². The number of likely N-dealkylation sites (N-methyl/N-ethyl adjacent to an activating group) is 1. The fourth-order valence-corrected chi connectivity index (χ4v) is 5.29. The highest BCUT2D eigenvalue weighted by atomic mass is 16.6. The molecule has 3 amide bonds. The molecule has 1 fully saturated rings. The van der Waals surface area contributed by atoms with Crippen molar-refractivity contribution < 1.29 is 14.3 Å². The number of imide groups is 1. The van der Waals surface area contributed by atoms with Gasteiger partial charge in [-0.15, -0.1) is 0 Å². The van der Waals surface area contributed by atoms with Crippen molar-refractivity contribution in [2.75, 3.05) is 33.8 Å². The van der Waals surface area contributed by atoms with Crippen LogP contribution in [0.1, 0.15) is 44.2 Å². The van der Waals surface area contributed by atoms with Gasteiger partial charge in [0.15, 0.2) is 0 Å². The van der Waals surface area contributed by atoms with Gasteiger partial charge in [-0.1, -0.05) is 12.1 Å². The second kappa shape index (κ2) is 8.54. The lowest BCUT2D eigenvalue weighted by atomic mass is 9.72. The molecule has 0 saturated carbocycles. The molecular weight excluding hydrogens is 392 g/mol. The number of amides is 3. The number of nitrogens with zero attached hydrogens (tertiary/aromatic N) is 3. The van der Waals surface area contributed by atoms with Gasteiger partial charge in [0.2, 0.25) is 0 Å². The van der Waals surface area contributed by atoms with E-state index in [4.69, 9.17) is 4.74 Å². The number of aromatic nitrogens is 1. The highest BCUT2D eigenvalue weighted by Gasteiger charge is 2.41. The minimum atomic E-state index is -0.552. The van der Waals surface area contributed by atoms with E-state index in [-0.39, 0.29) is 24.6 Å². The van der Waals surface area contributed by atoms with Crippen LogP contribution in [-0.2, 0) is 11.2 Å². The molecule has 1 unspecified atom stereocenters. The average Bonchev–Trinajstić information content (AvgIpc) is 3.16. The van der Waals surface area contributed by atoms with Crippen molar-refractivity contribution in [1.82, 2.24) is 19.7 Å². The molecule has 7 nitrogen and oxygen atoms in total. The predicted octanol–water partition coefficient (Wildman–Crippen LogP) is 4.05. The Morgan fingerprint density at radius 2 is 2.10 bits per heavy atom. The average molecular weight is 427 g/mol. The number of nitrogens with one attached hydrogen (secondary N) is 1. The van der Waals surface area contributed by atoms with Crippen LogP contribution in [0.15, 0.2) is 24.4 Å². The molecule has 1 aliphatic carbocycles. The summed E-state index contributed by atoms with van der Waals surface area (Å²) in [6, 6.07) is 6.65. The van der Waals surface area contributed by atoms with Crippen LogP contribution >= 0.6 is 0 Å².